The first kappa shape index (κ1) is 8.62. The Balaban J connectivity index is 3.35. The highest BCUT2D eigenvalue weighted by Gasteiger charge is 2.01. The van der Waals surface area contributed by atoms with Gasteiger partial charge in [-0.1, -0.05) is 12.2 Å². The van der Waals surface area contributed by atoms with Gasteiger partial charge in [0.05, 0.1) is 5.56 Å². The molecule has 4 heteroatoms. The molecule has 0 spiro atoms. The van der Waals surface area contributed by atoms with Gasteiger partial charge in [-0.3, -0.25) is 4.79 Å². The van der Waals surface area contributed by atoms with Gasteiger partial charge in [-0.15, -0.1) is 0 Å². The van der Waals surface area contributed by atoms with E-state index in [4.69, 9.17) is 17.5 Å². The molecule has 0 saturated heterocycles. The number of rotatable bonds is 1. The Kier molecular flexibility index (Phi) is 2.36. The normalized spacial score (nSPS) is 9.00. The fraction of sp³-hybridized carbons (Fsp3) is 0.125. The van der Waals surface area contributed by atoms with Crippen LogP contribution >= 0.6 is 12.2 Å². The Morgan fingerprint density at radius 3 is 2.92 bits per heavy atom. The SMILES string of the molecule is CC(=O)c1c[nH]c(=S)c(C#N)c1. The molecule has 60 valence electrons. The molecule has 0 aliphatic rings. The molecule has 12 heavy (non-hydrogen) atoms. The van der Waals surface area contributed by atoms with E-state index < -0.39 is 0 Å². The third-order valence-electron chi connectivity index (χ3n) is 1.43. The van der Waals surface area contributed by atoms with E-state index in [-0.39, 0.29) is 5.78 Å². The Labute approximate surface area is 74.7 Å². The highest BCUT2D eigenvalue weighted by molar-refractivity contribution is 7.71. The van der Waals surface area contributed by atoms with Gasteiger partial charge in [-0.25, -0.2) is 0 Å². The van der Waals surface area contributed by atoms with Gasteiger partial charge in [-0.05, 0) is 13.0 Å². The number of ketones is 1. The zero-order chi connectivity index (χ0) is 9.14. The summed E-state index contributed by atoms with van der Waals surface area (Å²) in [4.78, 5) is 13.5. The van der Waals surface area contributed by atoms with Crippen LogP contribution in [0.15, 0.2) is 12.3 Å². The minimum Gasteiger partial charge on any atom is -0.351 e. The van der Waals surface area contributed by atoms with Crippen molar-refractivity contribution in [2.24, 2.45) is 0 Å². The van der Waals surface area contributed by atoms with Crippen molar-refractivity contribution in [3.05, 3.63) is 28.0 Å². The smallest absolute Gasteiger partial charge is 0.161 e. The molecule has 0 fully saturated rings. The monoisotopic (exact) mass is 178 g/mol. The molecule has 0 radical (unpaired) electrons. The molecule has 0 saturated carbocycles. The molecule has 0 atom stereocenters. The van der Waals surface area contributed by atoms with Crippen molar-refractivity contribution in [3.8, 4) is 6.07 Å². The maximum atomic E-state index is 10.9. The molecule has 0 unspecified atom stereocenters. The van der Waals surface area contributed by atoms with Crippen LogP contribution in [0.5, 0.6) is 0 Å². The van der Waals surface area contributed by atoms with E-state index in [2.05, 4.69) is 4.98 Å². The van der Waals surface area contributed by atoms with Crippen LogP contribution in [-0.2, 0) is 0 Å². The zero-order valence-electron chi connectivity index (χ0n) is 6.42. The Bertz CT molecular complexity index is 414. The standard InChI is InChI=1S/C8H6N2OS/c1-5(11)7-2-6(3-9)8(12)10-4-7/h2,4H,1H3,(H,10,12). The first-order valence-corrected chi connectivity index (χ1v) is 3.69. The van der Waals surface area contributed by atoms with Gasteiger partial charge < -0.3 is 4.98 Å². The highest BCUT2D eigenvalue weighted by Crippen LogP contribution is 2.03. The molecule has 0 aliphatic carbocycles. The van der Waals surface area contributed by atoms with Crippen molar-refractivity contribution in [2.75, 3.05) is 0 Å². The molecular weight excluding hydrogens is 172 g/mol. The average molecular weight is 178 g/mol. The molecule has 0 aliphatic heterocycles. The van der Waals surface area contributed by atoms with Crippen LogP contribution < -0.4 is 0 Å². The molecule has 0 bridgehead atoms. The summed E-state index contributed by atoms with van der Waals surface area (Å²) in [5.74, 6) is -0.0854. The topological polar surface area (TPSA) is 56.6 Å². The maximum absolute atomic E-state index is 10.9. The number of nitrogens with one attached hydrogen (secondary N) is 1. The molecular formula is C8H6N2OS. The lowest BCUT2D eigenvalue weighted by Crippen LogP contribution is -1.94. The van der Waals surface area contributed by atoms with Crippen molar-refractivity contribution in [1.82, 2.24) is 4.98 Å². The number of nitrogens with zero attached hydrogens (tertiary/aromatic N) is 1. The van der Waals surface area contributed by atoms with Gasteiger partial charge in [0.1, 0.15) is 10.7 Å². The van der Waals surface area contributed by atoms with E-state index in [0.29, 0.717) is 15.8 Å². The number of hydrogen-bond acceptors (Lipinski definition) is 3. The number of Topliss-reactive ketones (excluding diaryl/α,β-unsaturated/α-hetero) is 1. The summed E-state index contributed by atoms with van der Waals surface area (Å²) in [6, 6.07) is 3.39. The average Bonchev–Trinajstić information content (AvgIpc) is 2.05. The first-order valence-electron chi connectivity index (χ1n) is 3.29. The minimum absolute atomic E-state index is 0.0854. The summed E-state index contributed by atoms with van der Waals surface area (Å²) in [7, 11) is 0. The van der Waals surface area contributed by atoms with Gasteiger partial charge in [0.2, 0.25) is 0 Å². The van der Waals surface area contributed by atoms with Gasteiger partial charge >= 0.3 is 0 Å². The zero-order valence-corrected chi connectivity index (χ0v) is 7.23. The predicted molar refractivity (Wildman–Crippen MR) is 46.3 cm³/mol. The van der Waals surface area contributed by atoms with E-state index in [1.807, 2.05) is 6.07 Å². The van der Waals surface area contributed by atoms with Crippen LogP contribution in [-0.4, -0.2) is 10.8 Å². The van der Waals surface area contributed by atoms with Crippen molar-refractivity contribution in [3.63, 3.8) is 0 Å². The van der Waals surface area contributed by atoms with Crippen LogP contribution in [0, 0.1) is 16.0 Å². The summed E-state index contributed by atoms with van der Waals surface area (Å²) >= 11 is 4.81. The fourth-order valence-corrected chi connectivity index (χ4v) is 0.934. The maximum Gasteiger partial charge on any atom is 0.161 e. The van der Waals surface area contributed by atoms with Gasteiger partial charge in [0, 0.05) is 11.8 Å². The lowest BCUT2D eigenvalue weighted by Gasteiger charge is -1.94. The van der Waals surface area contributed by atoms with Crippen LogP contribution in [0.1, 0.15) is 22.8 Å². The quantitative estimate of drug-likeness (QED) is 0.527. The molecule has 1 heterocycles. The summed E-state index contributed by atoms with van der Waals surface area (Å²) in [5, 5.41) is 8.58. The third-order valence-corrected chi connectivity index (χ3v) is 1.77. The lowest BCUT2D eigenvalue weighted by atomic mass is 10.2. The fourth-order valence-electron chi connectivity index (χ4n) is 0.770. The van der Waals surface area contributed by atoms with Crippen molar-refractivity contribution in [2.45, 2.75) is 6.92 Å². The second kappa shape index (κ2) is 3.28. The van der Waals surface area contributed by atoms with Crippen molar-refractivity contribution in [1.29, 1.82) is 5.26 Å². The van der Waals surface area contributed by atoms with Gasteiger partial charge in [0.15, 0.2) is 5.78 Å². The number of pyridine rings is 1. The molecule has 0 aromatic carbocycles. The molecule has 1 N–H and O–H groups in total. The number of carbonyl (C=O) groups is 1. The Hall–Kier alpha value is -1.47. The summed E-state index contributed by atoms with van der Waals surface area (Å²) < 4.78 is 0.363. The predicted octanol–water partition coefficient (Wildman–Crippen LogP) is 1.82. The lowest BCUT2D eigenvalue weighted by molar-refractivity contribution is 0.101. The number of hydrogen-bond donors (Lipinski definition) is 1. The van der Waals surface area contributed by atoms with E-state index >= 15 is 0 Å². The van der Waals surface area contributed by atoms with E-state index in [9.17, 15) is 4.79 Å². The molecule has 3 nitrogen and oxygen atoms in total. The number of aromatic amines is 1. The van der Waals surface area contributed by atoms with E-state index in [1.54, 1.807) is 0 Å². The molecule has 1 aromatic rings. The summed E-state index contributed by atoms with van der Waals surface area (Å²) in [5.41, 5.74) is 0.804. The number of H-pyrrole nitrogens is 1. The third kappa shape index (κ3) is 1.57. The minimum atomic E-state index is -0.0854. The van der Waals surface area contributed by atoms with Crippen LogP contribution in [0.2, 0.25) is 0 Å². The Morgan fingerprint density at radius 2 is 2.42 bits per heavy atom. The number of aromatic nitrogens is 1. The highest BCUT2D eigenvalue weighted by atomic mass is 32.1. The van der Waals surface area contributed by atoms with Gasteiger partial charge in [0.25, 0.3) is 0 Å². The van der Waals surface area contributed by atoms with Crippen molar-refractivity contribution >= 4 is 18.0 Å². The van der Waals surface area contributed by atoms with E-state index in [0.717, 1.165) is 0 Å². The van der Waals surface area contributed by atoms with E-state index in [1.165, 1.54) is 19.2 Å². The summed E-state index contributed by atoms with van der Waals surface area (Å²) in [6.07, 6.45) is 1.51. The summed E-state index contributed by atoms with van der Waals surface area (Å²) in [6.45, 7) is 1.44. The molecule has 0 amide bonds. The molecule has 1 aromatic heterocycles. The van der Waals surface area contributed by atoms with Crippen LogP contribution in [0.3, 0.4) is 0 Å². The van der Waals surface area contributed by atoms with Gasteiger partial charge in [-0.2, -0.15) is 5.26 Å². The number of nitriles is 1. The molecule has 1 rings (SSSR count). The Morgan fingerprint density at radius 1 is 1.75 bits per heavy atom. The van der Waals surface area contributed by atoms with Crippen molar-refractivity contribution < 1.29 is 4.79 Å². The second-order valence-corrected chi connectivity index (χ2v) is 2.71. The van der Waals surface area contributed by atoms with Crippen LogP contribution in [0.25, 0.3) is 0 Å². The van der Waals surface area contributed by atoms with Crippen LogP contribution in [0.4, 0.5) is 0 Å². The number of carbonyl (C=O) groups excluding carboxylic acids is 1. The first-order chi connectivity index (χ1) is 5.65. The largest absolute Gasteiger partial charge is 0.351 e. The second-order valence-electron chi connectivity index (χ2n) is 2.30.